The van der Waals surface area contributed by atoms with Gasteiger partial charge in [0, 0.05) is 13.5 Å². The van der Waals surface area contributed by atoms with Crippen molar-refractivity contribution in [1.82, 2.24) is 0 Å². The van der Waals surface area contributed by atoms with E-state index >= 15 is 0 Å². The average molecular weight is 434 g/mol. The molecule has 0 spiro atoms. The molecule has 0 saturated carbocycles. The number of nitrogens with zero attached hydrogens (tertiary/aromatic N) is 2. The quantitative estimate of drug-likeness (QED) is 0.549. The lowest BCUT2D eigenvalue weighted by Gasteiger charge is -2.11. The zero-order valence-electron chi connectivity index (χ0n) is 17.1. The highest BCUT2D eigenvalue weighted by Crippen LogP contribution is 2.29. The van der Waals surface area contributed by atoms with Gasteiger partial charge in [0.05, 0.1) is 34.7 Å². The molecule has 0 aliphatic carbocycles. The Balaban J connectivity index is 1.66. The van der Waals surface area contributed by atoms with Crippen LogP contribution < -0.4 is 5.01 Å². The molecule has 32 heavy (non-hydrogen) atoms. The molecule has 1 aliphatic heterocycles. The zero-order chi connectivity index (χ0) is 22.7. The summed E-state index contributed by atoms with van der Waals surface area (Å²) >= 11 is 0. The van der Waals surface area contributed by atoms with Crippen molar-refractivity contribution in [3.05, 3.63) is 83.4 Å². The van der Waals surface area contributed by atoms with Crippen molar-refractivity contribution in [2.24, 2.45) is 5.10 Å². The number of hydrogen-bond acceptors (Lipinski definition) is 5. The summed E-state index contributed by atoms with van der Waals surface area (Å²) in [4.78, 5) is 24.2. The Kier molecular flexibility index (Phi) is 5.96. The first kappa shape index (κ1) is 21.2. The number of anilines is 1. The molecule has 8 heteroatoms. The third-order valence-corrected chi connectivity index (χ3v) is 4.91. The van der Waals surface area contributed by atoms with Crippen LogP contribution in [-0.4, -0.2) is 36.4 Å². The molecule has 0 atom stereocenters. The lowest BCUT2D eigenvalue weighted by Crippen LogP contribution is -2.21. The van der Waals surface area contributed by atoms with Gasteiger partial charge in [0.2, 0.25) is 0 Å². The van der Waals surface area contributed by atoms with E-state index in [2.05, 4.69) is 5.10 Å². The maximum Gasteiger partial charge on any atom is 0.335 e. The molecule has 162 valence electrons. The minimum atomic E-state index is -1.06. The van der Waals surface area contributed by atoms with Gasteiger partial charge in [-0.15, -0.1) is 0 Å². The van der Waals surface area contributed by atoms with E-state index < -0.39 is 11.8 Å². The first-order chi connectivity index (χ1) is 15.5. The molecule has 0 unspecified atom stereocenters. The number of carboxylic acids is 1. The van der Waals surface area contributed by atoms with Crippen molar-refractivity contribution >= 4 is 29.4 Å². The summed E-state index contributed by atoms with van der Waals surface area (Å²) in [7, 11) is 1.55. The molecule has 0 radical (unpaired) electrons. The number of carboxylic acid groups (broad SMARTS) is 1. The molecule has 1 aliphatic rings. The van der Waals surface area contributed by atoms with Crippen LogP contribution in [-0.2, 0) is 9.53 Å². The van der Waals surface area contributed by atoms with Gasteiger partial charge in [-0.25, -0.2) is 9.18 Å². The fourth-order valence-corrected chi connectivity index (χ4v) is 3.28. The number of hydrazone groups is 1. The Bertz CT molecular complexity index is 1230. The Hall–Kier alpha value is -4.04. The van der Waals surface area contributed by atoms with Gasteiger partial charge in [0.1, 0.15) is 17.3 Å². The van der Waals surface area contributed by atoms with E-state index in [1.54, 1.807) is 43.5 Å². The molecule has 3 aromatic rings. The molecule has 2 aromatic carbocycles. The fraction of sp³-hybridized carbons (Fsp3) is 0.125. The number of benzene rings is 2. The molecule has 2 heterocycles. The number of hydrogen-bond donors (Lipinski definition) is 1. The van der Waals surface area contributed by atoms with Gasteiger partial charge in [-0.05, 0) is 54.6 Å². The fourth-order valence-electron chi connectivity index (χ4n) is 3.28. The van der Waals surface area contributed by atoms with Gasteiger partial charge >= 0.3 is 5.97 Å². The summed E-state index contributed by atoms with van der Waals surface area (Å²) in [6, 6.07) is 15.4. The monoisotopic (exact) mass is 434 g/mol. The predicted octanol–water partition coefficient (Wildman–Crippen LogP) is 4.61. The van der Waals surface area contributed by atoms with E-state index in [9.17, 15) is 14.0 Å². The van der Waals surface area contributed by atoms with Crippen molar-refractivity contribution in [3.63, 3.8) is 0 Å². The molecule has 7 nitrogen and oxygen atoms in total. The smallest absolute Gasteiger partial charge is 0.335 e. The number of halogens is 1. The predicted molar refractivity (Wildman–Crippen MR) is 117 cm³/mol. The third kappa shape index (κ3) is 4.21. The molecule has 1 amide bonds. The normalized spacial score (nSPS) is 14.8. The number of rotatable bonds is 7. The molecule has 1 aromatic heterocycles. The van der Waals surface area contributed by atoms with Crippen molar-refractivity contribution in [2.45, 2.75) is 6.42 Å². The van der Waals surface area contributed by atoms with Crippen molar-refractivity contribution < 1.29 is 28.2 Å². The largest absolute Gasteiger partial charge is 0.478 e. The summed E-state index contributed by atoms with van der Waals surface area (Å²) in [5.41, 5.74) is 1.69. The van der Waals surface area contributed by atoms with Crippen LogP contribution in [0.1, 0.15) is 22.5 Å². The van der Waals surface area contributed by atoms with E-state index in [1.165, 1.54) is 35.3 Å². The van der Waals surface area contributed by atoms with E-state index in [1.807, 2.05) is 0 Å². The van der Waals surface area contributed by atoms with Crippen molar-refractivity contribution in [3.8, 4) is 11.3 Å². The second kappa shape index (κ2) is 8.99. The van der Waals surface area contributed by atoms with Gasteiger partial charge in [-0.3, -0.25) is 4.79 Å². The Morgan fingerprint density at radius 3 is 2.59 bits per heavy atom. The SMILES string of the molecule is COCCC1=NN(c2ccc(C(=O)O)cc2)C(=O)/C1=C\c1ccc(-c2ccccc2F)o1. The van der Waals surface area contributed by atoms with E-state index in [4.69, 9.17) is 14.3 Å². The standard InChI is InChI=1S/C24H19FN2O5/c1-31-13-12-21-19(14-17-10-11-22(32-17)18-4-2-3-5-20(18)25)23(28)27(26-21)16-8-6-15(7-9-16)24(29)30/h2-11,14H,12-13H2,1H3,(H,29,30)/b19-14-. The molecule has 0 fully saturated rings. The van der Waals surface area contributed by atoms with Gasteiger partial charge < -0.3 is 14.3 Å². The summed E-state index contributed by atoms with van der Waals surface area (Å²) in [5, 5.41) is 14.7. The van der Waals surface area contributed by atoms with Gasteiger partial charge in [0.15, 0.2) is 0 Å². The van der Waals surface area contributed by atoms with Crippen LogP contribution in [0.4, 0.5) is 10.1 Å². The molecular weight excluding hydrogens is 415 g/mol. The Morgan fingerprint density at radius 2 is 1.91 bits per heavy atom. The van der Waals surface area contributed by atoms with E-state index in [-0.39, 0.29) is 11.5 Å². The number of amides is 1. The summed E-state index contributed by atoms with van der Waals surface area (Å²) < 4.78 is 24.9. The minimum absolute atomic E-state index is 0.107. The highest BCUT2D eigenvalue weighted by atomic mass is 19.1. The third-order valence-electron chi connectivity index (χ3n) is 4.91. The van der Waals surface area contributed by atoms with E-state index in [0.29, 0.717) is 47.1 Å². The average Bonchev–Trinajstić information content (AvgIpc) is 3.38. The Morgan fingerprint density at radius 1 is 1.16 bits per heavy atom. The molecular formula is C24H19FN2O5. The van der Waals surface area contributed by atoms with Crippen molar-refractivity contribution in [1.29, 1.82) is 0 Å². The topological polar surface area (TPSA) is 92.3 Å². The maximum absolute atomic E-state index is 14.1. The van der Waals surface area contributed by atoms with Crippen molar-refractivity contribution in [2.75, 3.05) is 18.7 Å². The number of furan rings is 1. The zero-order valence-corrected chi connectivity index (χ0v) is 17.1. The maximum atomic E-state index is 14.1. The molecule has 0 saturated heterocycles. The number of ether oxygens (including phenoxy) is 1. The van der Waals surface area contributed by atoms with Crippen LogP contribution in [0.5, 0.6) is 0 Å². The molecule has 1 N–H and O–H groups in total. The molecule has 4 rings (SSSR count). The van der Waals surface area contributed by atoms with Crippen LogP contribution in [0, 0.1) is 5.82 Å². The first-order valence-corrected chi connectivity index (χ1v) is 9.79. The summed E-state index contributed by atoms with van der Waals surface area (Å²) in [6.07, 6.45) is 1.95. The van der Waals surface area contributed by atoms with Gasteiger partial charge in [0.25, 0.3) is 5.91 Å². The summed E-state index contributed by atoms with van der Waals surface area (Å²) in [5.74, 6) is -1.13. The lowest BCUT2D eigenvalue weighted by atomic mass is 10.1. The number of methoxy groups -OCH3 is 1. The van der Waals surface area contributed by atoms with E-state index in [0.717, 1.165) is 0 Å². The summed E-state index contributed by atoms with van der Waals surface area (Å²) in [6.45, 7) is 0.355. The second-order valence-corrected chi connectivity index (χ2v) is 7.00. The first-order valence-electron chi connectivity index (χ1n) is 9.79. The minimum Gasteiger partial charge on any atom is -0.478 e. The number of aromatic carboxylic acids is 1. The lowest BCUT2D eigenvalue weighted by molar-refractivity contribution is -0.114. The molecule has 0 bridgehead atoms. The highest BCUT2D eigenvalue weighted by molar-refractivity contribution is 6.32. The van der Waals surface area contributed by atoms with Crippen LogP contribution in [0.2, 0.25) is 0 Å². The van der Waals surface area contributed by atoms with Crippen LogP contribution in [0.3, 0.4) is 0 Å². The number of carbonyl (C=O) groups excluding carboxylic acids is 1. The second-order valence-electron chi connectivity index (χ2n) is 7.00. The highest BCUT2D eigenvalue weighted by Gasteiger charge is 2.31. The van der Waals surface area contributed by atoms with Crippen LogP contribution in [0.15, 0.2) is 75.8 Å². The van der Waals surface area contributed by atoms with Crippen LogP contribution >= 0.6 is 0 Å². The Labute approximate surface area is 183 Å². The van der Waals surface area contributed by atoms with Gasteiger partial charge in [-0.1, -0.05) is 12.1 Å². The van der Waals surface area contributed by atoms with Crippen LogP contribution in [0.25, 0.3) is 17.4 Å². The number of carbonyl (C=O) groups is 2. The van der Waals surface area contributed by atoms with Gasteiger partial charge in [-0.2, -0.15) is 10.1 Å².